The molecule has 0 aliphatic rings. The summed E-state index contributed by atoms with van der Waals surface area (Å²) >= 11 is 7.90. The maximum Gasteiger partial charge on any atom is 0.140 e. The lowest BCUT2D eigenvalue weighted by molar-refractivity contribution is 0.179. The van der Waals surface area contributed by atoms with E-state index in [2.05, 4.69) is 27.7 Å². The average molecular weight is 303 g/mol. The summed E-state index contributed by atoms with van der Waals surface area (Å²) in [5.74, 6) is 0. The molecular weight excluding hydrogens is 293 g/mol. The van der Waals surface area contributed by atoms with Gasteiger partial charge in [0.2, 0.25) is 0 Å². The second-order valence-electron chi connectivity index (χ2n) is 3.16. The van der Waals surface area contributed by atoms with Gasteiger partial charge >= 0.3 is 0 Å². The largest absolute Gasteiger partial charge is 0.250 e. The van der Waals surface area contributed by atoms with Crippen molar-refractivity contribution >= 4 is 34.2 Å². The SMILES string of the molecule is CC(C)(F)Cn1ncc(I)c1Cl. The van der Waals surface area contributed by atoms with Gasteiger partial charge < -0.3 is 0 Å². The Morgan fingerprint density at radius 2 is 2.33 bits per heavy atom. The highest BCUT2D eigenvalue weighted by Gasteiger charge is 2.19. The first-order valence-electron chi connectivity index (χ1n) is 3.46. The van der Waals surface area contributed by atoms with Crippen molar-refractivity contribution in [3.8, 4) is 0 Å². The van der Waals surface area contributed by atoms with Crippen LogP contribution in [0, 0.1) is 3.57 Å². The standard InChI is InChI=1S/C7H9ClFIN2/c1-7(2,9)4-12-6(8)5(10)3-11-12/h3H,4H2,1-2H3. The van der Waals surface area contributed by atoms with Crippen LogP contribution in [-0.4, -0.2) is 15.4 Å². The molecule has 0 aliphatic carbocycles. The Hall–Kier alpha value is 0.160. The molecular formula is C7H9ClFIN2. The smallest absolute Gasteiger partial charge is 0.140 e. The zero-order valence-corrected chi connectivity index (χ0v) is 9.73. The summed E-state index contributed by atoms with van der Waals surface area (Å²) < 4.78 is 15.4. The first-order valence-corrected chi connectivity index (χ1v) is 4.91. The first kappa shape index (κ1) is 10.2. The maximum atomic E-state index is 13.1. The molecule has 0 radical (unpaired) electrons. The van der Waals surface area contributed by atoms with Gasteiger partial charge in [0.1, 0.15) is 10.8 Å². The van der Waals surface area contributed by atoms with Crippen LogP contribution in [0.1, 0.15) is 13.8 Å². The first-order chi connectivity index (χ1) is 5.40. The van der Waals surface area contributed by atoms with Crippen molar-refractivity contribution in [2.75, 3.05) is 0 Å². The van der Waals surface area contributed by atoms with Gasteiger partial charge in [-0.3, -0.25) is 0 Å². The fourth-order valence-electron chi connectivity index (χ4n) is 0.814. The summed E-state index contributed by atoms with van der Waals surface area (Å²) in [6.07, 6.45) is 1.62. The molecule has 0 bridgehead atoms. The number of alkyl halides is 1. The Balaban J connectivity index is 2.83. The Bertz CT molecular complexity index is 279. The molecule has 0 N–H and O–H groups in total. The molecule has 0 fully saturated rings. The van der Waals surface area contributed by atoms with Crippen molar-refractivity contribution in [2.24, 2.45) is 0 Å². The second kappa shape index (κ2) is 3.49. The molecule has 12 heavy (non-hydrogen) atoms. The third kappa shape index (κ3) is 2.58. The number of rotatable bonds is 2. The van der Waals surface area contributed by atoms with Gasteiger partial charge in [0.25, 0.3) is 0 Å². The zero-order valence-electron chi connectivity index (χ0n) is 6.81. The van der Waals surface area contributed by atoms with Gasteiger partial charge in [0.05, 0.1) is 16.3 Å². The quantitative estimate of drug-likeness (QED) is 0.768. The Labute approximate surface area is 89.2 Å². The number of hydrogen-bond donors (Lipinski definition) is 0. The summed E-state index contributed by atoms with van der Waals surface area (Å²) in [5, 5.41) is 4.44. The molecule has 0 unspecified atom stereocenters. The van der Waals surface area contributed by atoms with E-state index in [0.29, 0.717) is 5.15 Å². The minimum atomic E-state index is -1.28. The predicted molar refractivity (Wildman–Crippen MR) is 55.1 cm³/mol. The summed E-state index contributed by atoms with van der Waals surface area (Å²) in [4.78, 5) is 0. The van der Waals surface area contributed by atoms with Gasteiger partial charge in [0.15, 0.2) is 0 Å². The van der Waals surface area contributed by atoms with E-state index in [1.165, 1.54) is 18.5 Å². The summed E-state index contributed by atoms with van der Waals surface area (Å²) in [7, 11) is 0. The summed E-state index contributed by atoms with van der Waals surface area (Å²) in [6.45, 7) is 3.19. The highest BCUT2D eigenvalue weighted by molar-refractivity contribution is 14.1. The zero-order chi connectivity index (χ0) is 9.35. The van der Waals surface area contributed by atoms with E-state index >= 15 is 0 Å². The van der Waals surface area contributed by atoms with E-state index in [4.69, 9.17) is 11.6 Å². The highest BCUT2D eigenvalue weighted by atomic mass is 127. The monoisotopic (exact) mass is 302 g/mol. The number of halogens is 3. The Morgan fingerprint density at radius 3 is 2.67 bits per heavy atom. The molecule has 0 spiro atoms. The van der Waals surface area contributed by atoms with Crippen molar-refractivity contribution in [3.63, 3.8) is 0 Å². The molecule has 1 rings (SSSR count). The molecule has 2 nitrogen and oxygen atoms in total. The fraction of sp³-hybridized carbons (Fsp3) is 0.571. The van der Waals surface area contributed by atoms with Gasteiger partial charge in [-0.25, -0.2) is 9.07 Å². The molecule has 0 atom stereocenters. The summed E-state index contributed by atoms with van der Waals surface area (Å²) in [5.41, 5.74) is -1.28. The van der Waals surface area contributed by atoms with Crippen LogP contribution >= 0.6 is 34.2 Å². The minimum Gasteiger partial charge on any atom is -0.250 e. The molecule has 5 heteroatoms. The maximum absolute atomic E-state index is 13.1. The van der Waals surface area contributed by atoms with Gasteiger partial charge in [-0.15, -0.1) is 0 Å². The average Bonchev–Trinajstić information content (AvgIpc) is 2.16. The van der Waals surface area contributed by atoms with Gasteiger partial charge in [-0.2, -0.15) is 5.10 Å². The molecule has 68 valence electrons. The molecule has 1 aromatic heterocycles. The molecule has 0 saturated heterocycles. The van der Waals surface area contributed by atoms with Crippen molar-refractivity contribution in [1.82, 2.24) is 9.78 Å². The van der Waals surface area contributed by atoms with Crippen LogP contribution in [0.4, 0.5) is 4.39 Å². The topological polar surface area (TPSA) is 17.8 Å². The van der Waals surface area contributed by atoms with E-state index in [9.17, 15) is 4.39 Å². The normalized spacial score (nSPS) is 12.1. The molecule has 0 aliphatic heterocycles. The van der Waals surface area contributed by atoms with E-state index in [1.54, 1.807) is 6.20 Å². The van der Waals surface area contributed by atoms with Gasteiger partial charge in [-0.1, -0.05) is 11.6 Å². The van der Waals surface area contributed by atoms with Crippen molar-refractivity contribution in [3.05, 3.63) is 14.9 Å². The molecule has 0 aromatic carbocycles. The van der Waals surface area contributed by atoms with Crippen LogP contribution in [-0.2, 0) is 6.54 Å². The van der Waals surface area contributed by atoms with Crippen LogP contribution in [0.25, 0.3) is 0 Å². The van der Waals surface area contributed by atoms with Crippen LogP contribution in [0.3, 0.4) is 0 Å². The minimum absolute atomic E-state index is 0.189. The van der Waals surface area contributed by atoms with Crippen molar-refractivity contribution < 1.29 is 4.39 Å². The Morgan fingerprint density at radius 1 is 1.75 bits per heavy atom. The number of aromatic nitrogens is 2. The van der Waals surface area contributed by atoms with Crippen LogP contribution in [0.5, 0.6) is 0 Å². The third-order valence-corrected chi connectivity index (χ3v) is 2.77. The lowest BCUT2D eigenvalue weighted by Gasteiger charge is -2.14. The van der Waals surface area contributed by atoms with Gasteiger partial charge in [-0.05, 0) is 36.4 Å². The van der Waals surface area contributed by atoms with Gasteiger partial charge in [0, 0.05) is 0 Å². The van der Waals surface area contributed by atoms with E-state index in [0.717, 1.165) is 3.57 Å². The lowest BCUT2D eigenvalue weighted by atomic mass is 10.2. The molecule has 0 saturated carbocycles. The number of nitrogens with zero attached hydrogens (tertiary/aromatic N) is 2. The van der Waals surface area contributed by atoms with Crippen molar-refractivity contribution in [2.45, 2.75) is 26.1 Å². The Kier molecular flexibility index (Phi) is 2.98. The van der Waals surface area contributed by atoms with Crippen LogP contribution < -0.4 is 0 Å². The van der Waals surface area contributed by atoms with Crippen LogP contribution in [0.15, 0.2) is 6.20 Å². The van der Waals surface area contributed by atoms with Crippen molar-refractivity contribution in [1.29, 1.82) is 0 Å². The van der Waals surface area contributed by atoms with E-state index in [-0.39, 0.29) is 6.54 Å². The molecule has 1 heterocycles. The predicted octanol–water partition coefficient (Wildman–Crippen LogP) is 2.89. The second-order valence-corrected chi connectivity index (χ2v) is 4.68. The highest BCUT2D eigenvalue weighted by Crippen LogP contribution is 2.20. The molecule has 1 aromatic rings. The molecule has 0 amide bonds. The summed E-state index contributed by atoms with van der Waals surface area (Å²) in [6, 6.07) is 0. The third-order valence-electron chi connectivity index (χ3n) is 1.26. The van der Waals surface area contributed by atoms with E-state index < -0.39 is 5.67 Å². The number of hydrogen-bond acceptors (Lipinski definition) is 1. The lowest BCUT2D eigenvalue weighted by Crippen LogP contribution is -2.21. The fourth-order valence-corrected chi connectivity index (χ4v) is 1.37. The van der Waals surface area contributed by atoms with Crippen LogP contribution in [0.2, 0.25) is 5.15 Å². The van der Waals surface area contributed by atoms with E-state index in [1.807, 2.05) is 0 Å².